The fourth-order valence-electron chi connectivity index (χ4n) is 4.85. The molecule has 2 unspecified atom stereocenters. The summed E-state index contributed by atoms with van der Waals surface area (Å²) in [5.74, 6) is 0.0859. The van der Waals surface area contributed by atoms with Gasteiger partial charge in [0.25, 0.3) is 0 Å². The largest absolute Gasteiger partial charge is 0.372 e. The maximum Gasteiger partial charge on any atom is 0.329 e. The van der Waals surface area contributed by atoms with Crippen LogP contribution in [-0.4, -0.2) is 40.2 Å². The number of rotatable bonds is 7. The lowest BCUT2D eigenvalue weighted by Crippen LogP contribution is -2.45. The minimum absolute atomic E-state index is 0.112. The van der Waals surface area contributed by atoms with Crippen LogP contribution in [0.2, 0.25) is 0 Å². The molecular weight excluding hydrogens is 454 g/mol. The highest BCUT2D eigenvalue weighted by Gasteiger charge is 2.28. The molecule has 1 saturated heterocycles. The van der Waals surface area contributed by atoms with Gasteiger partial charge in [-0.15, -0.1) is 0 Å². The Morgan fingerprint density at radius 3 is 2.39 bits per heavy atom. The van der Waals surface area contributed by atoms with Gasteiger partial charge in [-0.25, -0.2) is 9.80 Å². The predicted molar refractivity (Wildman–Crippen MR) is 139 cm³/mol. The van der Waals surface area contributed by atoms with Gasteiger partial charge < -0.3 is 15.5 Å². The molecule has 2 aromatic carbocycles. The van der Waals surface area contributed by atoms with Crippen LogP contribution in [0.25, 0.3) is 0 Å². The van der Waals surface area contributed by atoms with Crippen molar-refractivity contribution in [3.8, 4) is 0 Å². The highest BCUT2D eigenvalue weighted by Crippen LogP contribution is 2.28. The van der Waals surface area contributed by atoms with E-state index >= 15 is 0 Å². The van der Waals surface area contributed by atoms with E-state index in [1.165, 1.54) is 18.5 Å². The van der Waals surface area contributed by atoms with Crippen LogP contribution in [0.3, 0.4) is 0 Å². The molecule has 3 aromatic rings. The second-order valence-electron chi connectivity index (χ2n) is 9.60. The third kappa shape index (κ3) is 5.21. The lowest BCUT2D eigenvalue weighted by Gasteiger charge is -2.20. The maximum atomic E-state index is 13.0. The molecule has 36 heavy (non-hydrogen) atoms. The van der Waals surface area contributed by atoms with E-state index in [-0.39, 0.29) is 23.9 Å². The van der Waals surface area contributed by atoms with Gasteiger partial charge >= 0.3 is 6.03 Å². The molecule has 5 rings (SSSR count). The minimum Gasteiger partial charge on any atom is -0.372 e. The molecule has 0 aliphatic carbocycles. The van der Waals surface area contributed by atoms with Gasteiger partial charge in [-0.05, 0) is 49.9 Å². The third-order valence-corrected chi connectivity index (χ3v) is 7.06. The van der Waals surface area contributed by atoms with Crippen molar-refractivity contribution in [2.24, 2.45) is 0 Å². The van der Waals surface area contributed by atoms with Crippen molar-refractivity contribution in [1.29, 1.82) is 0 Å². The molecule has 0 bridgehead atoms. The van der Waals surface area contributed by atoms with Crippen LogP contribution in [0.4, 0.5) is 16.3 Å². The van der Waals surface area contributed by atoms with Crippen molar-refractivity contribution >= 4 is 23.4 Å². The van der Waals surface area contributed by atoms with Crippen LogP contribution in [-0.2, 0) is 17.9 Å². The summed E-state index contributed by atoms with van der Waals surface area (Å²) in [5, 5.41) is 15.0. The van der Waals surface area contributed by atoms with Gasteiger partial charge in [0, 0.05) is 30.9 Å². The van der Waals surface area contributed by atoms with Gasteiger partial charge in [-0.1, -0.05) is 42.5 Å². The summed E-state index contributed by atoms with van der Waals surface area (Å²) in [6.07, 6.45) is 2.47. The van der Waals surface area contributed by atoms with E-state index < -0.39 is 0 Å². The Balaban J connectivity index is 1.15. The average molecular weight is 488 g/mol. The summed E-state index contributed by atoms with van der Waals surface area (Å²) in [5.41, 5.74) is 7.87. The van der Waals surface area contributed by atoms with E-state index in [2.05, 4.69) is 43.3 Å². The maximum absolute atomic E-state index is 13.0. The Bertz CT molecular complexity index is 1200. The number of urea groups is 1. The van der Waals surface area contributed by atoms with Crippen LogP contribution >= 0.6 is 0 Å². The number of anilines is 2. The molecule has 0 spiro atoms. The van der Waals surface area contributed by atoms with Crippen molar-refractivity contribution in [3.05, 3.63) is 77.0 Å². The molecule has 1 fully saturated rings. The number of amides is 3. The smallest absolute Gasteiger partial charge is 0.329 e. The molecule has 9 nitrogen and oxygen atoms in total. The molecule has 3 heterocycles. The first kappa shape index (κ1) is 23.9. The number of nitrogens with one attached hydrogen (secondary N) is 4. The van der Waals surface area contributed by atoms with E-state index in [0.717, 1.165) is 35.5 Å². The van der Waals surface area contributed by atoms with Gasteiger partial charge in [0.1, 0.15) is 0 Å². The molecule has 188 valence electrons. The van der Waals surface area contributed by atoms with Gasteiger partial charge in [0.2, 0.25) is 5.91 Å². The molecule has 3 amide bonds. The van der Waals surface area contributed by atoms with Gasteiger partial charge in [0.05, 0.1) is 24.2 Å². The van der Waals surface area contributed by atoms with Crippen LogP contribution in [0, 0.1) is 0 Å². The molecule has 9 heteroatoms. The van der Waals surface area contributed by atoms with Crippen molar-refractivity contribution < 1.29 is 9.59 Å². The Kier molecular flexibility index (Phi) is 6.90. The van der Waals surface area contributed by atoms with Crippen molar-refractivity contribution in [1.82, 2.24) is 25.9 Å². The highest BCUT2D eigenvalue weighted by atomic mass is 16.2. The number of hydrazine groups is 1. The number of fused-ring (bicyclic) bond motifs is 1. The van der Waals surface area contributed by atoms with Gasteiger partial charge in [-0.2, -0.15) is 5.10 Å². The lowest BCUT2D eigenvalue weighted by molar-refractivity contribution is -0.117. The number of H-pyrrole nitrogens is 1. The summed E-state index contributed by atoms with van der Waals surface area (Å²) in [4.78, 5) is 27.9. The Morgan fingerprint density at radius 2 is 1.67 bits per heavy atom. The number of benzene rings is 2. The second kappa shape index (κ2) is 10.4. The van der Waals surface area contributed by atoms with Crippen molar-refractivity contribution in [2.75, 3.05) is 23.3 Å². The summed E-state index contributed by atoms with van der Waals surface area (Å²) in [6, 6.07) is 17.7. The summed E-state index contributed by atoms with van der Waals surface area (Å²) in [6.45, 7) is 6.98. The summed E-state index contributed by atoms with van der Waals surface area (Å²) in [7, 11) is 0. The molecule has 2 aliphatic rings. The number of nitrogens with zero attached hydrogens (tertiary/aromatic N) is 3. The molecular formula is C27H33N7O2. The first-order valence-electron chi connectivity index (χ1n) is 12.6. The van der Waals surface area contributed by atoms with Crippen molar-refractivity contribution in [3.63, 3.8) is 0 Å². The predicted octanol–water partition coefficient (Wildman–Crippen LogP) is 4.04. The van der Waals surface area contributed by atoms with Gasteiger partial charge in [-0.3, -0.25) is 15.3 Å². The fraction of sp³-hybridized carbons (Fsp3) is 0.370. The molecule has 2 aliphatic heterocycles. The van der Waals surface area contributed by atoms with Crippen LogP contribution in [0.5, 0.6) is 0 Å². The minimum atomic E-state index is -0.314. The van der Waals surface area contributed by atoms with E-state index in [9.17, 15) is 9.59 Å². The first-order valence-corrected chi connectivity index (χ1v) is 12.6. The molecule has 0 radical (unpaired) electrons. The Labute approximate surface area is 211 Å². The summed E-state index contributed by atoms with van der Waals surface area (Å²) < 4.78 is 0. The topological polar surface area (TPSA) is 105 Å². The molecule has 2 atom stereocenters. The summed E-state index contributed by atoms with van der Waals surface area (Å²) >= 11 is 0. The Morgan fingerprint density at radius 1 is 0.944 bits per heavy atom. The number of hydrogen-bond donors (Lipinski definition) is 4. The zero-order chi connectivity index (χ0) is 25.1. The number of aromatic nitrogens is 2. The standard InChI is InChI=1S/C27H33N7O2/c1-18(20-10-12-22(13-11-20)33-14-6-7-15-33)26(35)29-25-23-16-34(17-24(23)30-31-25)32-27(36)28-19(2)21-8-4-3-5-9-21/h3-5,8-13,18-19H,6-7,14-17H2,1-2H3,(H2,28,32,36)(H2,29,30,31,35). The first-order chi connectivity index (χ1) is 17.5. The van der Waals surface area contributed by atoms with Gasteiger partial charge in [0.15, 0.2) is 5.82 Å². The number of hydrogen-bond acceptors (Lipinski definition) is 5. The van der Waals surface area contributed by atoms with E-state index in [4.69, 9.17) is 0 Å². The zero-order valence-corrected chi connectivity index (χ0v) is 20.8. The van der Waals surface area contributed by atoms with Crippen molar-refractivity contribution in [2.45, 2.75) is 51.7 Å². The Hall–Kier alpha value is -3.85. The number of carbonyl (C=O) groups excluding carboxylic acids is 2. The highest BCUT2D eigenvalue weighted by molar-refractivity contribution is 5.95. The monoisotopic (exact) mass is 487 g/mol. The van der Waals surface area contributed by atoms with Crippen LogP contribution < -0.4 is 21.0 Å². The van der Waals surface area contributed by atoms with E-state index in [1.54, 1.807) is 5.01 Å². The molecule has 0 saturated carbocycles. The lowest BCUT2D eigenvalue weighted by atomic mass is 10.00. The zero-order valence-electron chi connectivity index (χ0n) is 20.8. The quantitative estimate of drug-likeness (QED) is 0.403. The number of aromatic amines is 1. The second-order valence-corrected chi connectivity index (χ2v) is 9.60. The third-order valence-electron chi connectivity index (χ3n) is 7.06. The van der Waals surface area contributed by atoms with E-state index in [1.807, 2.05) is 56.3 Å². The fourth-order valence-corrected chi connectivity index (χ4v) is 4.85. The normalized spacial score (nSPS) is 16.9. The van der Waals surface area contributed by atoms with E-state index in [0.29, 0.717) is 18.9 Å². The van der Waals surface area contributed by atoms with Crippen LogP contribution in [0.1, 0.15) is 61.0 Å². The number of carbonyl (C=O) groups is 2. The molecule has 1 aromatic heterocycles. The average Bonchev–Trinajstić information content (AvgIpc) is 3.63. The van der Waals surface area contributed by atoms with Crippen LogP contribution in [0.15, 0.2) is 54.6 Å². The molecule has 4 N–H and O–H groups in total. The SMILES string of the molecule is CC(NC(=O)NN1Cc2[nH]nc(NC(=O)C(C)c3ccc(N4CCCC4)cc3)c2C1)c1ccccc1.